The molecular weight excluding hydrogens is 381 g/mol. The highest BCUT2D eigenvalue weighted by atomic mass is 32.1. The van der Waals surface area contributed by atoms with Crippen LogP contribution >= 0.6 is 11.3 Å². The second kappa shape index (κ2) is 8.03. The summed E-state index contributed by atoms with van der Waals surface area (Å²) in [4.78, 5) is 32.7. The van der Waals surface area contributed by atoms with Gasteiger partial charge in [0.2, 0.25) is 5.91 Å². The van der Waals surface area contributed by atoms with E-state index in [4.69, 9.17) is 0 Å². The molecule has 10 heteroatoms. The Morgan fingerprint density at radius 2 is 2.04 bits per heavy atom. The largest absolute Gasteiger partial charge is 0.471 e. The van der Waals surface area contributed by atoms with Crippen molar-refractivity contribution >= 4 is 23.2 Å². The molecule has 2 amide bonds. The summed E-state index contributed by atoms with van der Waals surface area (Å²) in [5.74, 6) is -2.52. The lowest BCUT2D eigenvalue weighted by molar-refractivity contribution is -0.186. The van der Waals surface area contributed by atoms with E-state index in [0.29, 0.717) is 17.7 Å². The first-order valence-electron chi connectivity index (χ1n) is 8.36. The summed E-state index contributed by atoms with van der Waals surface area (Å²) in [6.45, 7) is 0.181. The number of pyridine rings is 1. The van der Waals surface area contributed by atoms with E-state index >= 15 is 0 Å². The van der Waals surface area contributed by atoms with Gasteiger partial charge in [-0.1, -0.05) is 0 Å². The van der Waals surface area contributed by atoms with Gasteiger partial charge in [0.15, 0.2) is 0 Å². The molecule has 0 spiro atoms. The van der Waals surface area contributed by atoms with E-state index in [2.05, 4.69) is 15.3 Å². The molecule has 6 nitrogen and oxygen atoms in total. The first kappa shape index (κ1) is 19.3. The minimum atomic E-state index is -4.97. The van der Waals surface area contributed by atoms with Gasteiger partial charge in [0.05, 0.1) is 5.69 Å². The number of rotatable bonds is 5. The maximum Gasteiger partial charge on any atom is 0.471 e. The molecule has 0 aliphatic carbocycles. The Morgan fingerprint density at radius 3 is 2.74 bits per heavy atom. The van der Waals surface area contributed by atoms with Crippen LogP contribution in [0.2, 0.25) is 0 Å². The maximum absolute atomic E-state index is 12.6. The van der Waals surface area contributed by atoms with Crippen LogP contribution in [-0.2, 0) is 16.0 Å². The van der Waals surface area contributed by atoms with Crippen LogP contribution in [0.1, 0.15) is 18.5 Å². The average Bonchev–Trinajstić information content (AvgIpc) is 3.30. The molecular formula is C17H17F3N4O2S. The average molecular weight is 398 g/mol. The molecule has 144 valence electrons. The fraction of sp³-hybridized carbons (Fsp3) is 0.412. The summed E-state index contributed by atoms with van der Waals surface area (Å²) in [5.41, 5.74) is 1.72. The second-order valence-electron chi connectivity index (χ2n) is 6.08. The molecule has 0 bridgehead atoms. The van der Waals surface area contributed by atoms with E-state index in [1.807, 2.05) is 17.5 Å². The number of alkyl halides is 3. The van der Waals surface area contributed by atoms with Crippen molar-refractivity contribution in [3.63, 3.8) is 0 Å². The minimum absolute atomic E-state index is 0.0577. The van der Waals surface area contributed by atoms with Crippen LogP contribution in [0.25, 0.3) is 10.6 Å². The van der Waals surface area contributed by atoms with Gasteiger partial charge in [-0.25, -0.2) is 4.98 Å². The molecule has 1 saturated heterocycles. The van der Waals surface area contributed by atoms with E-state index in [0.717, 1.165) is 16.3 Å². The van der Waals surface area contributed by atoms with Gasteiger partial charge in [-0.2, -0.15) is 13.2 Å². The Kier molecular flexibility index (Phi) is 5.73. The van der Waals surface area contributed by atoms with Gasteiger partial charge in [0.1, 0.15) is 11.0 Å². The number of amides is 2. The van der Waals surface area contributed by atoms with E-state index in [-0.39, 0.29) is 19.5 Å². The van der Waals surface area contributed by atoms with Crippen molar-refractivity contribution in [1.29, 1.82) is 0 Å². The number of hydrogen-bond donors (Lipinski definition) is 1. The van der Waals surface area contributed by atoms with Crippen LogP contribution < -0.4 is 5.32 Å². The van der Waals surface area contributed by atoms with Crippen molar-refractivity contribution in [2.24, 2.45) is 0 Å². The first-order valence-corrected chi connectivity index (χ1v) is 9.24. The number of halogens is 3. The van der Waals surface area contributed by atoms with Gasteiger partial charge in [-0.3, -0.25) is 14.6 Å². The Labute approximate surface area is 157 Å². The van der Waals surface area contributed by atoms with Crippen LogP contribution in [0, 0.1) is 0 Å². The zero-order valence-electron chi connectivity index (χ0n) is 14.2. The summed E-state index contributed by atoms with van der Waals surface area (Å²) >= 11 is 1.46. The topological polar surface area (TPSA) is 75.2 Å². The molecule has 0 aromatic carbocycles. The quantitative estimate of drug-likeness (QED) is 0.839. The monoisotopic (exact) mass is 398 g/mol. The number of nitrogens with zero attached hydrogens (tertiary/aromatic N) is 3. The van der Waals surface area contributed by atoms with Crippen molar-refractivity contribution in [2.75, 3.05) is 13.1 Å². The van der Waals surface area contributed by atoms with Gasteiger partial charge in [-0.15, -0.1) is 11.3 Å². The highest BCUT2D eigenvalue weighted by Crippen LogP contribution is 2.26. The van der Waals surface area contributed by atoms with Gasteiger partial charge in [0.25, 0.3) is 0 Å². The third kappa shape index (κ3) is 4.62. The fourth-order valence-corrected chi connectivity index (χ4v) is 3.79. The highest BCUT2D eigenvalue weighted by Gasteiger charge is 2.47. The van der Waals surface area contributed by atoms with E-state index < -0.39 is 24.0 Å². The third-order valence-corrected chi connectivity index (χ3v) is 5.16. The van der Waals surface area contributed by atoms with Crippen LogP contribution in [-0.4, -0.2) is 52.0 Å². The second-order valence-corrected chi connectivity index (χ2v) is 6.93. The van der Waals surface area contributed by atoms with Crippen LogP contribution in [0.5, 0.6) is 0 Å². The van der Waals surface area contributed by atoms with Gasteiger partial charge >= 0.3 is 12.1 Å². The lowest BCUT2D eigenvalue weighted by Gasteiger charge is -2.24. The molecule has 1 N–H and O–H groups in total. The normalized spacial score (nSPS) is 17.1. The molecule has 2 aromatic rings. The predicted molar refractivity (Wildman–Crippen MR) is 92.8 cm³/mol. The third-order valence-electron chi connectivity index (χ3n) is 4.22. The number of nitrogens with one attached hydrogen (secondary N) is 1. The van der Waals surface area contributed by atoms with Crippen molar-refractivity contribution in [3.8, 4) is 10.6 Å². The summed E-state index contributed by atoms with van der Waals surface area (Å²) in [6, 6.07) is 2.62. The zero-order valence-corrected chi connectivity index (χ0v) is 15.0. The SMILES string of the molecule is O=C(NCCc1csc(-c2ccncc2)n1)C1CCCN1C(=O)C(F)(F)F. The predicted octanol–water partition coefficient (Wildman–Crippen LogP) is 2.42. The minimum Gasteiger partial charge on any atom is -0.354 e. The van der Waals surface area contributed by atoms with Crippen LogP contribution in [0.3, 0.4) is 0 Å². The summed E-state index contributed by atoms with van der Waals surface area (Å²) in [6.07, 6.45) is -0.559. The molecule has 3 rings (SSSR count). The fourth-order valence-electron chi connectivity index (χ4n) is 2.93. The van der Waals surface area contributed by atoms with Crippen molar-refractivity contribution in [2.45, 2.75) is 31.5 Å². The molecule has 27 heavy (non-hydrogen) atoms. The lowest BCUT2D eigenvalue weighted by Crippen LogP contribution is -2.50. The number of aromatic nitrogens is 2. The van der Waals surface area contributed by atoms with E-state index in [9.17, 15) is 22.8 Å². The number of carbonyl (C=O) groups is 2. The van der Waals surface area contributed by atoms with E-state index in [1.165, 1.54) is 11.3 Å². The molecule has 2 aromatic heterocycles. The first-order chi connectivity index (χ1) is 12.9. The molecule has 1 aliphatic heterocycles. The number of thiazole rings is 1. The molecule has 1 fully saturated rings. The molecule has 1 unspecified atom stereocenters. The van der Waals surface area contributed by atoms with Gasteiger partial charge in [0, 0.05) is 42.8 Å². The Bertz CT molecular complexity index is 810. The van der Waals surface area contributed by atoms with Gasteiger partial charge in [-0.05, 0) is 25.0 Å². The standard InChI is InChI=1S/C17H17F3N4O2S/c18-17(19,20)16(26)24-9-1-2-13(24)14(25)22-8-5-12-10-27-15(23-12)11-3-6-21-7-4-11/h3-4,6-7,10,13H,1-2,5,8-9H2,(H,22,25). The zero-order chi connectivity index (χ0) is 19.4. The summed E-state index contributed by atoms with van der Waals surface area (Å²) < 4.78 is 37.9. The molecule has 1 atom stereocenters. The maximum atomic E-state index is 12.6. The molecule has 0 saturated carbocycles. The molecule has 3 heterocycles. The number of likely N-dealkylation sites (tertiary alicyclic amines) is 1. The Morgan fingerprint density at radius 1 is 1.30 bits per heavy atom. The van der Waals surface area contributed by atoms with Crippen molar-refractivity contribution in [3.05, 3.63) is 35.6 Å². The van der Waals surface area contributed by atoms with Crippen molar-refractivity contribution < 1.29 is 22.8 Å². The van der Waals surface area contributed by atoms with Crippen molar-refractivity contribution in [1.82, 2.24) is 20.2 Å². The molecule has 1 aliphatic rings. The summed E-state index contributed by atoms with van der Waals surface area (Å²) in [5, 5.41) is 5.31. The van der Waals surface area contributed by atoms with Gasteiger partial charge < -0.3 is 10.2 Å². The lowest BCUT2D eigenvalue weighted by atomic mass is 10.2. The number of hydrogen-bond acceptors (Lipinski definition) is 5. The Balaban J connectivity index is 1.52. The highest BCUT2D eigenvalue weighted by molar-refractivity contribution is 7.13. The smallest absolute Gasteiger partial charge is 0.354 e. The Hall–Kier alpha value is -2.49. The van der Waals surface area contributed by atoms with Crippen LogP contribution in [0.15, 0.2) is 29.9 Å². The number of carbonyl (C=O) groups excluding carboxylic acids is 2. The molecule has 0 radical (unpaired) electrons. The van der Waals surface area contributed by atoms with Crippen LogP contribution in [0.4, 0.5) is 13.2 Å². The summed E-state index contributed by atoms with van der Waals surface area (Å²) in [7, 11) is 0. The van der Waals surface area contributed by atoms with E-state index in [1.54, 1.807) is 12.4 Å².